The SMILES string of the molecule is CN1C[N+](C)(C)Cc2c1cc1c3c(cccc23)Cc2cccc(C(=O)ON3C(=O)CCC3=O)c2-1. The lowest BCUT2D eigenvalue weighted by Gasteiger charge is -2.41. The summed E-state index contributed by atoms with van der Waals surface area (Å²) in [6.07, 6.45) is 0.841. The molecular weight excluding hydrogens is 430 g/mol. The van der Waals surface area contributed by atoms with Crippen LogP contribution in [0.1, 0.15) is 39.9 Å². The molecule has 3 aromatic carbocycles. The van der Waals surface area contributed by atoms with Crippen molar-refractivity contribution < 1.29 is 23.7 Å². The van der Waals surface area contributed by atoms with Gasteiger partial charge in [-0.05, 0) is 46.0 Å². The zero-order valence-electron chi connectivity index (χ0n) is 19.6. The maximum atomic E-state index is 13.3. The Kier molecular flexibility index (Phi) is 4.38. The molecular formula is C27H26N3O4+. The van der Waals surface area contributed by atoms with Gasteiger partial charge in [-0.1, -0.05) is 30.3 Å². The number of benzene rings is 3. The number of nitrogens with zero attached hydrogens (tertiary/aromatic N) is 3. The molecule has 0 unspecified atom stereocenters. The summed E-state index contributed by atoms with van der Waals surface area (Å²) in [4.78, 5) is 44.9. The van der Waals surface area contributed by atoms with Crippen molar-refractivity contribution >= 4 is 34.2 Å². The molecule has 7 heteroatoms. The Morgan fingerprint density at radius 2 is 1.71 bits per heavy atom. The summed E-state index contributed by atoms with van der Waals surface area (Å²) in [7, 11) is 6.58. The lowest BCUT2D eigenvalue weighted by Crippen LogP contribution is -2.50. The van der Waals surface area contributed by atoms with Crippen molar-refractivity contribution in [3.8, 4) is 11.1 Å². The number of quaternary nitrogens is 1. The van der Waals surface area contributed by atoms with Crippen LogP contribution in [0.5, 0.6) is 0 Å². The van der Waals surface area contributed by atoms with Gasteiger partial charge < -0.3 is 14.2 Å². The first-order chi connectivity index (χ1) is 16.2. The Morgan fingerprint density at radius 1 is 1.00 bits per heavy atom. The highest BCUT2D eigenvalue weighted by Gasteiger charge is 2.36. The fraction of sp³-hybridized carbons (Fsp3) is 0.296. The first-order valence-electron chi connectivity index (χ1n) is 11.5. The molecule has 2 aliphatic heterocycles. The summed E-state index contributed by atoms with van der Waals surface area (Å²) >= 11 is 0. The van der Waals surface area contributed by atoms with Crippen LogP contribution in [0, 0.1) is 0 Å². The second-order valence-electron chi connectivity index (χ2n) is 10.2. The molecule has 0 atom stereocenters. The summed E-state index contributed by atoms with van der Waals surface area (Å²) in [6.45, 7) is 1.81. The molecule has 1 fully saturated rings. The highest BCUT2D eigenvalue weighted by Crippen LogP contribution is 2.47. The van der Waals surface area contributed by atoms with Crippen LogP contribution in [-0.4, -0.2) is 55.1 Å². The minimum absolute atomic E-state index is 0.0685. The molecule has 2 heterocycles. The van der Waals surface area contributed by atoms with Gasteiger partial charge in [0, 0.05) is 31.0 Å². The standard InChI is InChI=1S/C27H26N3O4/c1-28-15-30(2,3)14-21-18-8-4-6-16-12-17-7-5-9-19(26(17)20(25(16)18)13-22(21)28)27(33)34-29-23(31)10-11-24(29)32/h4-9,13H,10-12,14-15H2,1-3H3/q+1. The van der Waals surface area contributed by atoms with Crippen molar-refractivity contribution in [2.24, 2.45) is 0 Å². The summed E-state index contributed by atoms with van der Waals surface area (Å²) in [6, 6.07) is 14.2. The quantitative estimate of drug-likeness (QED) is 0.341. The van der Waals surface area contributed by atoms with Gasteiger partial charge in [-0.25, -0.2) is 4.79 Å². The fourth-order valence-electron chi connectivity index (χ4n) is 5.81. The van der Waals surface area contributed by atoms with Gasteiger partial charge in [0.2, 0.25) is 0 Å². The highest BCUT2D eigenvalue weighted by atomic mass is 16.7. The lowest BCUT2D eigenvalue weighted by atomic mass is 9.79. The predicted octanol–water partition coefficient (Wildman–Crippen LogP) is 3.62. The highest BCUT2D eigenvalue weighted by molar-refractivity contribution is 6.11. The molecule has 2 amide bonds. The monoisotopic (exact) mass is 456 g/mol. The minimum Gasteiger partial charge on any atom is -0.328 e. The molecule has 1 aliphatic carbocycles. The van der Waals surface area contributed by atoms with Crippen molar-refractivity contribution in [1.29, 1.82) is 0 Å². The summed E-state index contributed by atoms with van der Waals surface area (Å²) < 4.78 is 0.869. The third-order valence-electron chi connectivity index (χ3n) is 7.13. The topological polar surface area (TPSA) is 66.9 Å². The van der Waals surface area contributed by atoms with Crippen LogP contribution < -0.4 is 4.90 Å². The second kappa shape index (κ2) is 7.14. The summed E-state index contributed by atoms with van der Waals surface area (Å²) in [5, 5.41) is 2.99. The average Bonchev–Trinajstić information content (AvgIpc) is 3.10. The third-order valence-corrected chi connectivity index (χ3v) is 7.13. The molecule has 34 heavy (non-hydrogen) atoms. The normalized spacial score (nSPS) is 18.2. The Balaban J connectivity index is 1.55. The molecule has 0 bridgehead atoms. The third kappa shape index (κ3) is 3.04. The molecule has 0 aromatic heterocycles. The number of anilines is 1. The average molecular weight is 457 g/mol. The number of carbonyl (C=O) groups is 3. The Morgan fingerprint density at radius 3 is 2.47 bits per heavy atom. The van der Waals surface area contributed by atoms with Crippen molar-refractivity contribution in [1.82, 2.24) is 5.06 Å². The van der Waals surface area contributed by atoms with Crippen LogP contribution >= 0.6 is 0 Å². The molecule has 7 nitrogen and oxygen atoms in total. The minimum atomic E-state index is -0.683. The Hall–Kier alpha value is -3.71. The van der Waals surface area contributed by atoms with E-state index < -0.39 is 17.8 Å². The van der Waals surface area contributed by atoms with Gasteiger partial charge in [0.15, 0.2) is 6.67 Å². The van der Waals surface area contributed by atoms with E-state index in [1.54, 1.807) is 6.07 Å². The molecule has 3 aromatic rings. The van der Waals surface area contributed by atoms with E-state index in [2.05, 4.69) is 50.3 Å². The zero-order chi connectivity index (χ0) is 23.8. The summed E-state index contributed by atoms with van der Waals surface area (Å²) in [5.41, 5.74) is 6.94. The maximum absolute atomic E-state index is 13.3. The van der Waals surface area contributed by atoms with Crippen LogP contribution in [0.2, 0.25) is 0 Å². The molecule has 3 aliphatic rings. The van der Waals surface area contributed by atoms with E-state index in [9.17, 15) is 14.4 Å². The molecule has 0 saturated carbocycles. The van der Waals surface area contributed by atoms with Crippen LogP contribution in [-0.2, 0) is 27.4 Å². The van der Waals surface area contributed by atoms with Gasteiger partial charge >= 0.3 is 5.97 Å². The van der Waals surface area contributed by atoms with Gasteiger partial charge in [0.05, 0.1) is 25.3 Å². The van der Waals surface area contributed by atoms with Crippen LogP contribution in [0.25, 0.3) is 21.9 Å². The van der Waals surface area contributed by atoms with Gasteiger partial charge in [-0.15, -0.1) is 5.06 Å². The van der Waals surface area contributed by atoms with E-state index in [1.807, 2.05) is 12.1 Å². The molecule has 0 spiro atoms. The summed E-state index contributed by atoms with van der Waals surface area (Å²) in [5.74, 6) is -1.64. The van der Waals surface area contributed by atoms with Crippen LogP contribution in [0.3, 0.4) is 0 Å². The second-order valence-corrected chi connectivity index (χ2v) is 10.2. The number of fused-ring (bicyclic) bond motifs is 4. The predicted molar refractivity (Wildman–Crippen MR) is 128 cm³/mol. The number of imide groups is 1. The smallest absolute Gasteiger partial charge is 0.328 e. The van der Waals surface area contributed by atoms with E-state index in [-0.39, 0.29) is 12.8 Å². The first-order valence-corrected chi connectivity index (χ1v) is 11.5. The largest absolute Gasteiger partial charge is 0.364 e. The van der Waals surface area contributed by atoms with E-state index >= 15 is 0 Å². The van der Waals surface area contributed by atoms with Crippen molar-refractivity contribution in [3.05, 3.63) is 64.7 Å². The van der Waals surface area contributed by atoms with Gasteiger partial charge in [-0.2, -0.15) is 0 Å². The molecule has 172 valence electrons. The van der Waals surface area contributed by atoms with Crippen molar-refractivity contribution in [2.45, 2.75) is 25.8 Å². The number of hydroxylamine groups is 2. The lowest BCUT2D eigenvalue weighted by molar-refractivity contribution is -0.904. The van der Waals surface area contributed by atoms with Crippen LogP contribution in [0.15, 0.2) is 42.5 Å². The van der Waals surface area contributed by atoms with Gasteiger partial charge in [-0.3, -0.25) is 9.59 Å². The molecule has 0 N–H and O–H groups in total. The van der Waals surface area contributed by atoms with Gasteiger partial charge in [0.25, 0.3) is 11.8 Å². The van der Waals surface area contributed by atoms with E-state index in [0.29, 0.717) is 17.0 Å². The maximum Gasteiger partial charge on any atom is 0.364 e. The van der Waals surface area contributed by atoms with Crippen molar-refractivity contribution in [2.75, 3.05) is 32.7 Å². The van der Waals surface area contributed by atoms with Crippen LogP contribution in [0.4, 0.5) is 5.69 Å². The van der Waals surface area contributed by atoms with Gasteiger partial charge in [0.1, 0.15) is 6.54 Å². The first kappa shape index (κ1) is 20.9. The number of hydrogen-bond acceptors (Lipinski definition) is 5. The molecule has 6 rings (SSSR count). The number of hydrogen-bond donors (Lipinski definition) is 0. The molecule has 1 saturated heterocycles. The van der Waals surface area contributed by atoms with E-state index in [1.165, 1.54) is 16.5 Å². The Labute approximate surface area is 197 Å². The number of carbonyl (C=O) groups excluding carboxylic acids is 3. The Bertz CT molecular complexity index is 1410. The zero-order valence-corrected chi connectivity index (χ0v) is 19.6. The number of rotatable bonds is 2. The van der Waals surface area contributed by atoms with Crippen molar-refractivity contribution in [3.63, 3.8) is 0 Å². The number of amides is 2. The molecule has 0 radical (unpaired) electrons. The van der Waals surface area contributed by atoms with E-state index in [0.717, 1.165) is 45.5 Å². The van der Waals surface area contributed by atoms with E-state index in [4.69, 9.17) is 4.84 Å². The fourth-order valence-corrected chi connectivity index (χ4v) is 5.81.